The van der Waals surface area contributed by atoms with E-state index in [0.717, 1.165) is 148 Å². The van der Waals surface area contributed by atoms with Gasteiger partial charge in [-0.3, -0.25) is 14.4 Å². The number of unbranched alkanes of at least 4 members (excludes halogenated alkanes) is 28. The standard InChI is InChI=1S/C76H126O6/c1-4-7-10-13-16-19-22-24-26-28-30-32-34-35-36-37-38-39-40-41-43-44-46-48-50-52-54-57-60-63-66-69-75(78)81-72-73(71-80-74(77)68-65-62-59-56-21-18-15-12-9-6-3)82-76(79)70-67-64-61-58-55-53-51-49-47-45-42-33-31-29-27-25-23-20-17-14-11-8-5-2/h7-8,10-12,15-17,19-20,24-27,30-33,35-36,45,47,73H,4-6,9,13-14,18,21-23,28-29,34,37-44,46,48-72H2,1-3H3/b10-7-,11-8-,15-12-,19-16-,20-17-,26-24-,27-25-,32-30-,33-31-,36-35-,47-45-. The quantitative estimate of drug-likeness (QED) is 0.0261. The summed E-state index contributed by atoms with van der Waals surface area (Å²) >= 11 is 0. The molecule has 0 rings (SSSR count). The Kier molecular flexibility index (Phi) is 65.3. The van der Waals surface area contributed by atoms with Crippen LogP contribution in [0.5, 0.6) is 0 Å². The molecule has 0 bridgehead atoms. The Morgan fingerprint density at radius 2 is 0.476 bits per heavy atom. The van der Waals surface area contributed by atoms with Crippen molar-refractivity contribution in [3.8, 4) is 0 Å². The topological polar surface area (TPSA) is 78.9 Å². The van der Waals surface area contributed by atoms with E-state index in [1.54, 1.807) is 0 Å². The van der Waals surface area contributed by atoms with Crippen LogP contribution in [0.15, 0.2) is 134 Å². The van der Waals surface area contributed by atoms with E-state index in [9.17, 15) is 14.4 Å². The fraction of sp³-hybridized carbons (Fsp3) is 0.671. The molecule has 0 amide bonds. The molecular weight excluding hydrogens is 1010 g/mol. The second-order valence-corrected chi connectivity index (χ2v) is 22.3. The summed E-state index contributed by atoms with van der Waals surface area (Å²) in [5.74, 6) is -0.903. The number of carbonyl (C=O) groups is 3. The normalized spacial score (nSPS) is 13.0. The Balaban J connectivity index is 4.21. The molecule has 0 aromatic carbocycles. The minimum atomic E-state index is -0.791. The lowest BCUT2D eigenvalue weighted by molar-refractivity contribution is -0.167. The van der Waals surface area contributed by atoms with Gasteiger partial charge in [-0.1, -0.05) is 296 Å². The number of hydrogen-bond donors (Lipinski definition) is 0. The third kappa shape index (κ3) is 66.4. The largest absolute Gasteiger partial charge is 0.462 e. The Hall–Kier alpha value is -4.45. The first-order valence-electron chi connectivity index (χ1n) is 34.2. The van der Waals surface area contributed by atoms with Gasteiger partial charge in [0.1, 0.15) is 13.2 Å². The molecule has 0 aliphatic carbocycles. The molecule has 0 radical (unpaired) electrons. The lowest BCUT2D eigenvalue weighted by atomic mass is 10.0. The molecule has 6 heteroatoms. The average molecular weight is 1140 g/mol. The minimum absolute atomic E-state index is 0.0867. The highest BCUT2D eigenvalue weighted by molar-refractivity contribution is 5.71. The van der Waals surface area contributed by atoms with Crippen molar-refractivity contribution in [1.29, 1.82) is 0 Å². The molecule has 6 nitrogen and oxygen atoms in total. The Labute approximate surface area is 506 Å². The van der Waals surface area contributed by atoms with Crippen LogP contribution in [0.4, 0.5) is 0 Å². The van der Waals surface area contributed by atoms with E-state index >= 15 is 0 Å². The predicted molar refractivity (Wildman–Crippen MR) is 357 cm³/mol. The molecule has 0 fully saturated rings. The smallest absolute Gasteiger partial charge is 0.306 e. The first kappa shape index (κ1) is 77.5. The fourth-order valence-electron chi connectivity index (χ4n) is 9.32. The highest BCUT2D eigenvalue weighted by Crippen LogP contribution is 2.16. The zero-order valence-electron chi connectivity index (χ0n) is 53.5. The number of rotatable bonds is 61. The number of ether oxygens (including phenoxy) is 3. The van der Waals surface area contributed by atoms with Crippen molar-refractivity contribution >= 4 is 17.9 Å². The summed E-state index contributed by atoms with van der Waals surface area (Å²) in [6.07, 6.45) is 97.7. The van der Waals surface area contributed by atoms with E-state index in [4.69, 9.17) is 14.2 Å². The van der Waals surface area contributed by atoms with E-state index in [-0.39, 0.29) is 31.1 Å². The molecule has 0 aliphatic heterocycles. The summed E-state index contributed by atoms with van der Waals surface area (Å²) in [4.78, 5) is 38.3. The van der Waals surface area contributed by atoms with Crippen molar-refractivity contribution in [2.75, 3.05) is 13.2 Å². The molecule has 0 saturated carbocycles. The monoisotopic (exact) mass is 1130 g/mol. The van der Waals surface area contributed by atoms with E-state index in [1.807, 2.05) is 0 Å². The maximum Gasteiger partial charge on any atom is 0.306 e. The van der Waals surface area contributed by atoms with Gasteiger partial charge < -0.3 is 14.2 Å². The van der Waals surface area contributed by atoms with Crippen LogP contribution < -0.4 is 0 Å². The molecule has 1 unspecified atom stereocenters. The third-order valence-electron chi connectivity index (χ3n) is 14.4. The molecule has 466 valence electrons. The van der Waals surface area contributed by atoms with Gasteiger partial charge in [0.15, 0.2) is 6.10 Å². The zero-order valence-corrected chi connectivity index (χ0v) is 53.5. The van der Waals surface area contributed by atoms with Crippen LogP contribution in [0.3, 0.4) is 0 Å². The van der Waals surface area contributed by atoms with Crippen LogP contribution in [-0.2, 0) is 28.6 Å². The lowest BCUT2D eigenvalue weighted by Gasteiger charge is -2.18. The van der Waals surface area contributed by atoms with Gasteiger partial charge in [-0.15, -0.1) is 0 Å². The summed E-state index contributed by atoms with van der Waals surface area (Å²) in [5.41, 5.74) is 0. The highest BCUT2D eigenvalue weighted by atomic mass is 16.6. The summed E-state index contributed by atoms with van der Waals surface area (Å²) in [7, 11) is 0. The zero-order chi connectivity index (χ0) is 59.2. The summed E-state index contributed by atoms with van der Waals surface area (Å²) < 4.78 is 16.9. The maximum absolute atomic E-state index is 12.9. The molecule has 0 spiro atoms. The molecule has 0 N–H and O–H groups in total. The van der Waals surface area contributed by atoms with Crippen molar-refractivity contribution in [3.05, 3.63) is 134 Å². The number of hydrogen-bond acceptors (Lipinski definition) is 6. The van der Waals surface area contributed by atoms with Crippen LogP contribution in [0, 0.1) is 0 Å². The molecule has 1 atom stereocenters. The summed E-state index contributed by atoms with van der Waals surface area (Å²) in [6.45, 7) is 6.35. The van der Waals surface area contributed by atoms with Gasteiger partial charge >= 0.3 is 17.9 Å². The second-order valence-electron chi connectivity index (χ2n) is 22.3. The van der Waals surface area contributed by atoms with Crippen LogP contribution in [0.1, 0.15) is 310 Å². The molecular formula is C76H126O6. The molecule has 0 aromatic heterocycles. The SMILES string of the molecule is CC/C=C\C/C=C\C/C=C\C/C=C\C/C=C\CCCCCCCCCCCCCCCCCC(=O)OCC(COC(=O)CCCCCCC/C=C\CCC)OC(=O)CCCCCCCCC/C=C\C/C=C\C/C=C\C/C=C\C/C=C\CC. The van der Waals surface area contributed by atoms with Gasteiger partial charge in [-0.2, -0.15) is 0 Å². The van der Waals surface area contributed by atoms with E-state index in [0.29, 0.717) is 19.3 Å². The number of carbonyl (C=O) groups excluding carboxylic acids is 3. The van der Waals surface area contributed by atoms with Gasteiger partial charge in [0.25, 0.3) is 0 Å². The van der Waals surface area contributed by atoms with Crippen LogP contribution in [0.2, 0.25) is 0 Å². The minimum Gasteiger partial charge on any atom is -0.462 e. The average Bonchev–Trinajstić information content (AvgIpc) is 3.47. The van der Waals surface area contributed by atoms with E-state index in [2.05, 4.69) is 154 Å². The van der Waals surface area contributed by atoms with Gasteiger partial charge in [0.2, 0.25) is 0 Å². The van der Waals surface area contributed by atoms with Gasteiger partial charge in [0.05, 0.1) is 0 Å². The van der Waals surface area contributed by atoms with Crippen LogP contribution in [-0.4, -0.2) is 37.2 Å². The van der Waals surface area contributed by atoms with Gasteiger partial charge in [-0.05, 0) is 128 Å². The highest BCUT2D eigenvalue weighted by Gasteiger charge is 2.19. The molecule has 0 heterocycles. The predicted octanol–water partition coefficient (Wildman–Crippen LogP) is 23.7. The van der Waals surface area contributed by atoms with Crippen molar-refractivity contribution < 1.29 is 28.6 Å². The van der Waals surface area contributed by atoms with Crippen molar-refractivity contribution in [2.24, 2.45) is 0 Å². The summed E-state index contributed by atoms with van der Waals surface area (Å²) in [5, 5.41) is 0. The number of allylic oxidation sites excluding steroid dienone is 22. The Bertz CT molecular complexity index is 1730. The van der Waals surface area contributed by atoms with Crippen molar-refractivity contribution in [3.63, 3.8) is 0 Å². The first-order chi connectivity index (χ1) is 40.5. The molecule has 82 heavy (non-hydrogen) atoms. The maximum atomic E-state index is 12.9. The van der Waals surface area contributed by atoms with Crippen LogP contribution in [0.25, 0.3) is 0 Å². The van der Waals surface area contributed by atoms with Gasteiger partial charge in [-0.25, -0.2) is 0 Å². The van der Waals surface area contributed by atoms with Gasteiger partial charge in [0, 0.05) is 19.3 Å². The fourth-order valence-corrected chi connectivity index (χ4v) is 9.32. The van der Waals surface area contributed by atoms with E-state index < -0.39 is 6.10 Å². The van der Waals surface area contributed by atoms with Crippen molar-refractivity contribution in [1.82, 2.24) is 0 Å². The molecule has 0 saturated heterocycles. The third-order valence-corrected chi connectivity index (χ3v) is 14.4. The first-order valence-corrected chi connectivity index (χ1v) is 34.2. The van der Waals surface area contributed by atoms with Crippen LogP contribution >= 0.6 is 0 Å². The van der Waals surface area contributed by atoms with E-state index in [1.165, 1.54) is 122 Å². The molecule has 0 aromatic rings. The second kappa shape index (κ2) is 69.0. The number of esters is 3. The Morgan fingerprint density at radius 3 is 0.756 bits per heavy atom. The van der Waals surface area contributed by atoms with Crippen molar-refractivity contribution in [2.45, 2.75) is 316 Å². The Morgan fingerprint density at radius 1 is 0.256 bits per heavy atom. The lowest BCUT2D eigenvalue weighted by Crippen LogP contribution is -2.30. The molecule has 0 aliphatic rings. The summed E-state index contributed by atoms with van der Waals surface area (Å²) in [6, 6.07) is 0.